The number of anilines is 4. The van der Waals surface area contributed by atoms with Crippen molar-refractivity contribution in [2.45, 2.75) is 26.7 Å². The van der Waals surface area contributed by atoms with Crippen LogP contribution in [-0.4, -0.2) is 47.6 Å². The SMILES string of the molecule is CCN1CCN(c2ccc(Nc3ncnc4c(CCc5cc(N)ccc5C)csc34)cc2)CC1. The third kappa shape index (κ3) is 4.86. The van der Waals surface area contributed by atoms with Gasteiger partial charge in [0.1, 0.15) is 6.33 Å². The topological polar surface area (TPSA) is 70.3 Å². The van der Waals surface area contributed by atoms with Crippen molar-refractivity contribution < 1.29 is 0 Å². The van der Waals surface area contributed by atoms with E-state index in [2.05, 4.69) is 80.7 Å². The van der Waals surface area contributed by atoms with Crippen LogP contribution >= 0.6 is 11.3 Å². The molecule has 0 amide bonds. The average Bonchev–Trinajstić information content (AvgIpc) is 3.29. The molecule has 6 nitrogen and oxygen atoms in total. The highest BCUT2D eigenvalue weighted by Gasteiger charge is 2.16. The van der Waals surface area contributed by atoms with Crippen molar-refractivity contribution in [1.82, 2.24) is 14.9 Å². The van der Waals surface area contributed by atoms with Crippen LogP contribution in [0.25, 0.3) is 10.2 Å². The lowest BCUT2D eigenvalue weighted by molar-refractivity contribution is 0.271. The van der Waals surface area contributed by atoms with E-state index in [9.17, 15) is 0 Å². The first-order valence-electron chi connectivity index (χ1n) is 12.0. The van der Waals surface area contributed by atoms with E-state index in [1.165, 1.54) is 22.4 Å². The number of rotatable bonds is 7. The zero-order valence-corrected chi connectivity index (χ0v) is 20.7. The Morgan fingerprint density at radius 1 is 0.971 bits per heavy atom. The molecule has 1 aliphatic rings. The summed E-state index contributed by atoms with van der Waals surface area (Å²) in [5, 5.41) is 5.73. The number of benzene rings is 2. The molecule has 0 aliphatic carbocycles. The van der Waals surface area contributed by atoms with Crippen LogP contribution in [0.3, 0.4) is 0 Å². The number of nitrogen functional groups attached to an aromatic ring is 1. The third-order valence-electron chi connectivity index (χ3n) is 6.78. The van der Waals surface area contributed by atoms with Gasteiger partial charge in [-0.2, -0.15) is 0 Å². The van der Waals surface area contributed by atoms with Gasteiger partial charge in [0.15, 0.2) is 5.82 Å². The minimum Gasteiger partial charge on any atom is -0.399 e. The Morgan fingerprint density at radius 2 is 1.74 bits per heavy atom. The van der Waals surface area contributed by atoms with Crippen molar-refractivity contribution in [2.75, 3.05) is 48.7 Å². The minimum absolute atomic E-state index is 0.818. The molecule has 7 heteroatoms. The number of thiophene rings is 1. The summed E-state index contributed by atoms with van der Waals surface area (Å²) >= 11 is 1.71. The van der Waals surface area contributed by atoms with Crippen molar-refractivity contribution in [3.8, 4) is 0 Å². The Hall–Kier alpha value is -3.16. The van der Waals surface area contributed by atoms with Crippen LogP contribution in [0, 0.1) is 6.92 Å². The predicted molar refractivity (Wildman–Crippen MR) is 144 cm³/mol. The van der Waals surface area contributed by atoms with Crippen LogP contribution in [0.5, 0.6) is 0 Å². The second-order valence-electron chi connectivity index (χ2n) is 8.94. The predicted octanol–water partition coefficient (Wildman–Crippen LogP) is 5.25. The number of hydrogen-bond acceptors (Lipinski definition) is 7. The van der Waals surface area contributed by atoms with E-state index in [4.69, 9.17) is 5.73 Å². The molecule has 0 saturated carbocycles. The van der Waals surface area contributed by atoms with Gasteiger partial charge in [-0.1, -0.05) is 13.0 Å². The Balaban J connectivity index is 1.28. The Kier molecular flexibility index (Phi) is 6.65. The maximum Gasteiger partial charge on any atom is 0.151 e. The van der Waals surface area contributed by atoms with E-state index in [1.54, 1.807) is 17.7 Å². The van der Waals surface area contributed by atoms with Gasteiger partial charge in [0.05, 0.1) is 10.2 Å². The van der Waals surface area contributed by atoms with Crippen LogP contribution in [0.2, 0.25) is 0 Å². The fourth-order valence-electron chi connectivity index (χ4n) is 4.61. The highest BCUT2D eigenvalue weighted by molar-refractivity contribution is 7.18. The lowest BCUT2D eigenvalue weighted by Crippen LogP contribution is -2.46. The molecule has 2 aromatic carbocycles. The highest BCUT2D eigenvalue weighted by atomic mass is 32.1. The van der Waals surface area contributed by atoms with E-state index in [1.807, 2.05) is 6.07 Å². The molecule has 0 unspecified atom stereocenters. The van der Waals surface area contributed by atoms with Gasteiger partial charge >= 0.3 is 0 Å². The molecule has 5 rings (SSSR count). The van der Waals surface area contributed by atoms with E-state index >= 15 is 0 Å². The number of aryl methyl sites for hydroxylation is 3. The fraction of sp³-hybridized carbons (Fsp3) is 0.333. The third-order valence-corrected chi connectivity index (χ3v) is 7.80. The smallest absolute Gasteiger partial charge is 0.151 e. The van der Waals surface area contributed by atoms with Gasteiger partial charge in [-0.05, 0) is 84.8 Å². The summed E-state index contributed by atoms with van der Waals surface area (Å²) in [6.07, 6.45) is 3.54. The van der Waals surface area contributed by atoms with E-state index < -0.39 is 0 Å². The summed E-state index contributed by atoms with van der Waals surface area (Å²) in [4.78, 5) is 14.1. The van der Waals surface area contributed by atoms with Gasteiger partial charge in [0.25, 0.3) is 0 Å². The molecule has 2 aromatic heterocycles. The number of piperazine rings is 1. The normalized spacial score (nSPS) is 14.6. The van der Waals surface area contributed by atoms with Gasteiger partial charge in [-0.25, -0.2) is 9.97 Å². The summed E-state index contributed by atoms with van der Waals surface area (Å²) in [5.74, 6) is 0.866. The monoisotopic (exact) mass is 472 g/mol. The molecule has 3 heterocycles. The van der Waals surface area contributed by atoms with Crippen LogP contribution in [0.4, 0.5) is 22.9 Å². The summed E-state index contributed by atoms with van der Waals surface area (Å²) in [5.41, 5.74) is 14.0. The first-order valence-corrected chi connectivity index (χ1v) is 12.9. The van der Waals surface area contributed by atoms with Crippen LogP contribution in [0.1, 0.15) is 23.6 Å². The number of likely N-dealkylation sites (N-methyl/N-ethyl adjacent to an activating group) is 1. The molecular weight excluding hydrogens is 440 g/mol. The summed E-state index contributed by atoms with van der Waals surface area (Å²) in [6, 6.07) is 14.8. The Morgan fingerprint density at radius 3 is 2.50 bits per heavy atom. The number of fused-ring (bicyclic) bond motifs is 1. The maximum absolute atomic E-state index is 5.99. The highest BCUT2D eigenvalue weighted by Crippen LogP contribution is 2.32. The molecule has 0 radical (unpaired) electrons. The number of nitrogens with zero attached hydrogens (tertiary/aromatic N) is 4. The Bertz CT molecular complexity index is 1260. The van der Waals surface area contributed by atoms with Gasteiger partial charge < -0.3 is 20.9 Å². The van der Waals surface area contributed by atoms with Crippen molar-refractivity contribution in [2.24, 2.45) is 0 Å². The van der Waals surface area contributed by atoms with Crippen molar-refractivity contribution in [1.29, 1.82) is 0 Å². The first kappa shape index (κ1) is 22.6. The second kappa shape index (κ2) is 9.99. The molecular formula is C27H32N6S. The van der Waals surface area contributed by atoms with Crippen molar-refractivity contribution in [3.05, 3.63) is 70.9 Å². The zero-order chi connectivity index (χ0) is 23.5. The standard InChI is InChI=1S/C27H32N6S/c1-3-32-12-14-33(15-13-32)24-10-8-23(9-11-24)31-27-26-25(29-18-30-27)21(17-34-26)6-5-20-16-22(28)7-4-19(20)2/h4,7-11,16-18H,3,5-6,12-15,28H2,1-2H3,(H,29,30,31). The first-order chi connectivity index (χ1) is 16.6. The summed E-state index contributed by atoms with van der Waals surface area (Å²) in [6.45, 7) is 9.94. The van der Waals surface area contributed by atoms with Crippen LogP contribution in [0.15, 0.2) is 54.2 Å². The lowest BCUT2D eigenvalue weighted by Gasteiger charge is -2.35. The van der Waals surface area contributed by atoms with Gasteiger partial charge in [-0.3, -0.25) is 0 Å². The molecule has 1 saturated heterocycles. The van der Waals surface area contributed by atoms with Crippen molar-refractivity contribution >= 4 is 44.4 Å². The van der Waals surface area contributed by atoms with Crippen LogP contribution in [-0.2, 0) is 12.8 Å². The lowest BCUT2D eigenvalue weighted by atomic mass is 10.0. The van der Waals surface area contributed by atoms with E-state index in [0.29, 0.717) is 0 Å². The molecule has 0 atom stereocenters. The Labute approximate surface area is 205 Å². The van der Waals surface area contributed by atoms with E-state index in [0.717, 1.165) is 73.0 Å². The number of nitrogens with one attached hydrogen (secondary N) is 1. The number of hydrogen-bond donors (Lipinski definition) is 2. The number of aromatic nitrogens is 2. The molecule has 176 valence electrons. The maximum atomic E-state index is 5.99. The fourth-order valence-corrected chi connectivity index (χ4v) is 5.61. The molecule has 0 bridgehead atoms. The molecule has 3 N–H and O–H groups in total. The van der Waals surface area contributed by atoms with Gasteiger partial charge in [-0.15, -0.1) is 11.3 Å². The van der Waals surface area contributed by atoms with Crippen molar-refractivity contribution in [3.63, 3.8) is 0 Å². The molecule has 34 heavy (non-hydrogen) atoms. The van der Waals surface area contributed by atoms with Crippen LogP contribution < -0.4 is 16.0 Å². The molecule has 4 aromatic rings. The average molecular weight is 473 g/mol. The van der Waals surface area contributed by atoms with Gasteiger partial charge in [0.2, 0.25) is 0 Å². The largest absolute Gasteiger partial charge is 0.399 e. The number of nitrogens with two attached hydrogens (primary N) is 1. The molecule has 0 spiro atoms. The second-order valence-corrected chi connectivity index (χ2v) is 9.82. The minimum atomic E-state index is 0.818. The zero-order valence-electron chi connectivity index (χ0n) is 19.9. The van der Waals surface area contributed by atoms with Gasteiger partial charge in [0, 0.05) is 43.2 Å². The summed E-state index contributed by atoms with van der Waals surface area (Å²) in [7, 11) is 0. The quantitative estimate of drug-likeness (QED) is 0.358. The molecule has 1 aliphatic heterocycles. The summed E-state index contributed by atoms with van der Waals surface area (Å²) < 4.78 is 1.10. The van der Waals surface area contributed by atoms with E-state index in [-0.39, 0.29) is 0 Å². The molecule has 1 fully saturated rings.